The van der Waals surface area contributed by atoms with E-state index in [9.17, 15) is 9.18 Å². The van der Waals surface area contributed by atoms with Crippen molar-refractivity contribution in [3.63, 3.8) is 0 Å². The van der Waals surface area contributed by atoms with Gasteiger partial charge < -0.3 is 10.5 Å². The quantitative estimate of drug-likeness (QED) is 0.462. The number of carbonyl (C=O) groups excluding carboxylic acids is 1. The molecule has 0 aliphatic rings. The molecule has 0 bridgehead atoms. The smallest absolute Gasteiger partial charge is 0.325 e. The van der Waals surface area contributed by atoms with Crippen LogP contribution in [-0.2, 0) is 0 Å². The number of anilines is 2. The van der Waals surface area contributed by atoms with E-state index >= 15 is 0 Å². The molecule has 0 unspecified atom stereocenters. The van der Waals surface area contributed by atoms with Crippen molar-refractivity contribution in [3.8, 4) is 0 Å². The molecule has 0 atom stereocenters. The normalized spacial score (nSPS) is 11.2. The van der Waals surface area contributed by atoms with Crippen LogP contribution in [0.25, 0.3) is 0 Å². The van der Waals surface area contributed by atoms with E-state index in [1.54, 1.807) is 18.4 Å². The van der Waals surface area contributed by atoms with Crippen LogP contribution in [0.2, 0.25) is 0 Å². The molecule has 0 aliphatic carbocycles. The average molecular weight is 294 g/mol. The summed E-state index contributed by atoms with van der Waals surface area (Å²) >= 11 is 1.19. The van der Waals surface area contributed by atoms with Crippen molar-refractivity contribution >= 4 is 33.9 Å². The predicted octanol–water partition coefficient (Wildman–Crippen LogP) is 3.12. The molecule has 1 aromatic heterocycles. The van der Waals surface area contributed by atoms with Crippen LogP contribution in [0, 0.1) is 5.82 Å². The van der Waals surface area contributed by atoms with Gasteiger partial charge in [-0.3, -0.25) is 5.32 Å². The van der Waals surface area contributed by atoms with Gasteiger partial charge in [0.25, 0.3) is 0 Å². The molecule has 2 amide bonds. The number of carbonyl (C=O) groups is 1. The molecule has 0 radical (unpaired) electrons. The lowest BCUT2D eigenvalue weighted by Gasteiger charge is -2.05. The van der Waals surface area contributed by atoms with Gasteiger partial charge in [0.15, 0.2) is 5.13 Å². The minimum atomic E-state index is -0.532. The van der Waals surface area contributed by atoms with Gasteiger partial charge >= 0.3 is 6.03 Å². The number of halogens is 1. The van der Waals surface area contributed by atoms with E-state index in [-0.39, 0.29) is 0 Å². The zero-order valence-electron chi connectivity index (χ0n) is 10.4. The highest BCUT2D eigenvalue weighted by Gasteiger charge is 2.09. The van der Waals surface area contributed by atoms with Gasteiger partial charge in [0.05, 0.1) is 0 Å². The number of amides is 2. The Kier molecular flexibility index (Phi) is 4.26. The number of hydrogen-bond donors (Lipinski definition) is 3. The highest BCUT2D eigenvalue weighted by atomic mass is 32.1. The summed E-state index contributed by atoms with van der Waals surface area (Å²) < 4.78 is 13.0. The number of aromatic nitrogens is 1. The zero-order valence-corrected chi connectivity index (χ0v) is 11.2. The van der Waals surface area contributed by atoms with Crippen molar-refractivity contribution in [2.75, 3.05) is 10.6 Å². The Hall–Kier alpha value is -2.48. The molecule has 6 nitrogen and oxygen atoms in total. The zero-order chi connectivity index (χ0) is 14.5. The van der Waals surface area contributed by atoms with E-state index in [0.717, 1.165) is 0 Å². The highest BCUT2D eigenvalue weighted by molar-refractivity contribution is 7.14. The predicted molar refractivity (Wildman–Crippen MR) is 75.2 cm³/mol. The molecule has 0 saturated heterocycles. The van der Waals surface area contributed by atoms with Crippen LogP contribution in [0.1, 0.15) is 12.6 Å². The van der Waals surface area contributed by atoms with Crippen LogP contribution < -0.4 is 10.6 Å². The van der Waals surface area contributed by atoms with Crippen molar-refractivity contribution in [3.05, 3.63) is 41.2 Å². The molecule has 0 saturated carbocycles. The molecular weight excluding hydrogens is 283 g/mol. The van der Waals surface area contributed by atoms with Crippen LogP contribution in [0.3, 0.4) is 0 Å². The van der Waals surface area contributed by atoms with Gasteiger partial charge in [0, 0.05) is 11.1 Å². The van der Waals surface area contributed by atoms with Crippen LogP contribution in [-0.4, -0.2) is 21.9 Å². The van der Waals surface area contributed by atoms with Crippen molar-refractivity contribution in [2.24, 2.45) is 5.16 Å². The number of hydrogen-bond acceptors (Lipinski definition) is 5. The fraction of sp³-hybridized carbons (Fsp3) is 0.0833. The molecule has 0 fully saturated rings. The lowest BCUT2D eigenvalue weighted by Crippen LogP contribution is -2.19. The second kappa shape index (κ2) is 6.11. The Morgan fingerprint density at radius 1 is 1.45 bits per heavy atom. The first kappa shape index (κ1) is 13.9. The minimum Gasteiger partial charge on any atom is -0.411 e. The molecule has 8 heteroatoms. The first-order chi connectivity index (χ1) is 9.58. The molecule has 0 aliphatic heterocycles. The van der Waals surface area contributed by atoms with Gasteiger partial charge in [-0.05, 0) is 25.1 Å². The van der Waals surface area contributed by atoms with E-state index < -0.39 is 11.8 Å². The summed E-state index contributed by atoms with van der Waals surface area (Å²) in [5.74, 6) is -0.436. The third kappa shape index (κ3) is 3.51. The van der Waals surface area contributed by atoms with Gasteiger partial charge in [-0.1, -0.05) is 11.2 Å². The lowest BCUT2D eigenvalue weighted by atomic mass is 10.3. The summed E-state index contributed by atoms with van der Waals surface area (Å²) in [4.78, 5) is 15.7. The highest BCUT2D eigenvalue weighted by Crippen LogP contribution is 2.17. The summed E-state index contributed by atoms with van der Waals surface area (Å²) in [6.07, 6.45) is 0. The maximum Gasteiger partial charge on any atom is 0.325 e. The van der Waals surface area contributed by atoms with Crippen molar-refractivity contribution in [1.29, 1.82) is 0 Å². The number of nitrogens with zero attached hydrogens (tertiary/aromatic N) is 2. The third-order valence-corrected chi connectivity index (χ3v) is 3.09. The topological polar surface area (TPSA) is 86.6 Å². The fourth-order valence-corrected chi connectivity index (χ4v) is 2.12. The number of nitrogens with one attached hydrogen (secondary N) is 2. The number of oxime groups is 1. The van der Waals surface area contributed by atoms with Crippen LogP contribution >= 0.6 is 11.3 Å². The number of benzene rings is 1. The third-order valence-electron chi connectivity index (χ3n) is 2.33. The van der Waals surface area contributed by atoms with Gasteiger partial charge in [-0.25, -0.2) is 14.2 Å². The number of urea groups is 1. The summed E-state index contributed by atoms with van der Waals surface area (Å²) in [6, 6.07) is 5.02. The number of rotatable bonds is 3. The van der Waals surface area contributed by atoms with Gasteiger partial charge in [0.1, 0.15) is 17.2 Å². The summed E-state index contributed by atoms with van der Waals surface area (Å²) in [7, 11) is 0. The number of thiazole rings is 1. The monoisotopic (exact) mass is 294 g/mol. The van der Waals surface area contributed by atoms with E-state index in [0.29, 0.717) is 22.2 Å². The second-order valence-corrected chi connectivity index (χ2v) is 4.67. The largest absolute Gasteiger partial charge is 0.411 e. The second-order valence-electron chi connectivity index (χ2n) is 3.81. The van der Waals surface area contributed by atoms with Crippen molar-refractivity contribution in [1.82, 2.24) is 4.98 Å². The maximum absolute atomic E-state index is 13.0. The molecule has 20 heavy (non-hydrogen) atoms. The molecule has 2 aromatic rings. The summed E-state index contributed by atoms with van der Waals surface area (Å²) in [6.45, 7) is 1.59. The molecule has 1 heterocycles. The van der Waals surface area contributed by atoms with Crippen LogP contribution in [0.5, 0.6) is 0 Å². The average Bonchev–Trinajstić information content (AvgIpc) is 2.86. The van der Waals surface area contributed by atoms with Gasteiger partial charge in [-0.2, -0.15) is 0 Å². The van der Waals surface area contributed by atoms with E-state index in [1.165, 1.54) is 29.5 Å². The molecule has 1 aromatic carbocycles. The minimum absolute atomic E-state index is 0.340. The molecule has 104 valence electrons. The van der Waals surface area contributed by atoms with Gasteiger partial charge in [0.2, 0.25) is 0 Å². The SMILES string of the molecule is CC(=NO)c1csc(NC(=O)Nc2cccc(F)c2)n1. The Bertz CT molecular complexity index is 656. The van der Waals surface area contributed by atoms with E-state index in [2.05, 4.69) is 20.8 Å². The van der Waals surface area contributed by atoms with Crippen LogP contribution in [0.4, 0.5) is 20.0 Å². The Balaban J connectivity index is 2.00. The molecule has 3 N–H and O–H groups in total. The van der Waals surface area contributed by atoms with Crippen molar-refractivity contribution < 1.29 is 14.4 Å². The molecule has 0 spiro atoms. The fourth-order valence-electron chi connectivity index (χ4n) is 1.37. The molecule has 2 rings (SSSR count). The maximum atomic E-state index is 13.0. The summed E-state index contributed by atoms with van der Waals surface area (Å²) in [5, 5.41) is 18.6. The lowest BCUT2D eigenvalue weighted by molar-refractivity contribution is 0.262. The first-order valence-electron chi connectivity index (χ1n) is 5.56. The van der Waals surface area contributed by atoms with Gasteiger partial charge in [-0.15, -0.1) is 11.3 Å². The van der Waals surface area contributed by atoms with Crippen molar-refractivity contribution in [2.45, 2.75) is 6.92 Å². The summed E-state index contributed by atoms with van der Waals surface area (Å²) in [5.41, 5.74) is 1.16. The molecular formula is C12H11FN4O2S. The van der Waals surface area contributed by atoms with Crippen LogP contribution in [0.15, 0.2) is 34.8 Å². The Morgan fingerprint density at radius 3 is 2.95 bits per heavy atom. The van der Waals surface area contributed by atoms with E-state index in [1.807, 2.05) is 0 Å². The Morgan fingerprint density at radius 2 is 2.25 bits per heavy atom. The van der Waals surface area contributed by atoms with E-state index in [4.69, 9.17) is 5.21 Å². The Labute approximate surface area is 118 Å². The standard InChI is InChI=1S/C12H11FN4O2S/c1-7(17-19)10-6-20-12(15-10)16-11(18)14-9-4-2-3-8(13)5-9/h2-6,19H,1H3,(H2,14,15,16,18). The first-order valence-corrected chi connectivity index (χ1v) is 6.44.